The summed E-state index contributed by atoms with van der Waals surface area (Å²) in [5, 5.41) is 7.61. The summed E-state index contributed by atoms with van der Waals surface area (Å²) < 4.78 is 0. The molecule has 0 aliphatic carbocycles. The normalized spacial score (nSPS) is 10.2. The summed E-state index contributed by atoms with van der Waals surface area (Å²) in [5.74, 6) is 0. The van der Waals surface area contributed by atoms with Crippen LogP contribution in [0.4, 0.5) is 0 Å². The molecule has 0 aliphatic heterocycles. The van der Waals surface area contributed by atoms with E-state index >= 15 is 0 Å². The third-order valence-corrected chi connectivity index (χ3v) is 1.56. The maximum atomic E-state index is 7.61. The van der Waals surface area contributed by atoms with Crippen LogP contribution >= 0.6 is 12.2 Å². The van der Waals surface area contributed by atoms with Crippen molar-refractivity contribution in [1.82, 2.24) is 4.98 Å². The van der Waals surface area contributed by atoms with Gasteiger partial charge in [-0.2, -0.15) is 0 Å². The average Bonchev–Trinajstić information content (AvgIpc) is 2.15. The molecule has 0 saturated heterocycles. The van der Waals surface area contributed by atoms with Crippen LogP contribution in [0.5, 0.6) is 0 Å². The third-order valence-electron chi connectivity index (χ3n) is 1.43. The fourth-order valence-electron chi connectivity index (χ4n) is 0.808. The molecule has 1 N–H and O–H groups in total. The number of pyridine rings is 1. The highest BCUT2D eigenvalue weighted by Gasteiger charge is 1.95. The molecule has 66 valence electrons. The maximum Gasteiger partial charge on any atom is 0.0878 e. The zero-order chi connectivity index (χ0) is 9.68. The number of nitrogens with zero attached hydrogens (tertiary/aromatic N) is 1. The summed E-state index contributed by atoms with van der Waals surface area (Å²) in [6, 6.07) is 5.48. The minimum absolute atomic E-state index is 0.379. The summed E-state index contributed by atoms with van der Waals surface area (Å²) >= 11 is 4.86. The topological polar surface area (TPSA) is 36.7 Å². The van der Waals surface area contributed by atoms with E-state index in [-0.39, 0.29) is 0 Å². The molecular weight excluding hydrogens is 180 g/mol. The Bertz CT molecular complexity index is 341. The van der Waals surface area contributed by atoms with E-state index in [2.05, 4.69) is 4.98 Å². The smallest absolute Gasteiger partial charge is 0.0878 e. The molecule has 1 heterocycles. The van der Waals surface area contributed by atoms with Crippen molar-refractivity contribution >= 4 is 22.8 Å². The van der Waals surface area contributed by atoms with E-state index in [0.717, 1.165) is 4.86 Å². The van der Waals surface area contributed by atoms with Gasteiger partial charge in [0.25, 0.3) is 0 Å². The molecule has 1 aromatic heterocycles. The first-order valence-corrected chi connectivity index (χ1v) is 4.29. The number of hydrogen-bond acceptors (Lipinski definition) is 3. The average molecular weight is 190 g/mol. The highest BCUT2D eigenvalue weighted by atomic mass is 32.1. The lowest BCUT2D eigenvalue weighted by Gasteiger charge is -1.95. The van der Waals surface area contributed by atoms with Crippen LogP contribution in [0.3, 0.4) is 0 Å². The van der Waals surface area contributed by atoms with Crippen LogP contribution in [0.2, 0.25) is 0 Å². The Hall–Kier alpha value is -1.35. The SMILES string of the molecule is CC(=S)/C=C\C(=N)c1ccccn1. The first-order valence-electron chi connectivity index (χ1n) is 3.89. The quantitative estimate of drug-likeness (QED) is 0.451. The molecule has 13 heavy (non-hydrogen) atoms. The van der Waals surface area contributed by atoms with Gasteiger partial charge in [0, 0.05) is 11.1 Å². The lowest BCUT2D eigenvalue weighted by Crippen LogP contribution is -1.97. The molecule has 1 aromatic rings. The first-order chi connectivity index (χ1) is 6.20. The monoisotopic (exact) mass is 190 g/mol. The zero-order valence-corrected chi connectivity index (χ0v) is 8.14. The lowest BCUT2D eigenvalue weighted by atomic mass is 10.2. The van der Waals surface area contributed by atoms with E-state index in [1.165, 1.54) is 0 Å². The largest absolute Gasteiger partial charge is 0.299 e. The second-order valence-corrected chi connectivity index (χ2v) is 3.22. The molecule has 3 heteroatoms. The third kappa shape index (κ3) is 3.25. The van der Waals surface area contributed by atoms with Crippen molar-refractivity contribution in [2.24, 2.45) is 0 Å². The number of nitrogens with one attached hydrogen (secondary N) is 1. The first kappa shape index (κ1) is 9.74. The minimum Gasteiger partial charge on any atom is -0.299 e. The number of hydrogen-bond donors (Lipinski definition) is 1. The van der Waals surface area contributed by atoms with Crippen molar-refractivity contribution in [3.05, 3.63) is 42.2 Å². The molecular formula is C10H10N2S. The summed E-state index contributed by atoms with van der Waals surface area (Å²) in [6.07, 6.45) is 5.05. The molecule has 0 spiro atoms. The van der Waals surface area contributed by atoms with Crippen LogP contribution < -0.4 is 0 Å². The number of allylic oxidation sites excluding steroid dienone is 2. The molecule has 0 amide bonds. The maximum absolute atomic E-state index is 7.61. The number of thiocarbonyl (C=S) groups is 1. The van der Waals surface area contributed by atoms with Crippen molar-refractivity contribution in [1.29, 1.82) is 5.41 Å². The molecule has 0 radical (unpaired) electrons. The number of rotatable bonds is 3. The van der Waals surface area contributed by atoms with Gasteiger partial charge < -0.3 is 0 Å². The van der Waals surface area contributed by atoms with E-state index in [1.807, 2.05) is 19.1 Å². The van der Waals surface area contributed by atoms with E-state index in [1.54, 1.807) is 24.4 Å². The van der Waals surface area contributed by atoms with E-state index < -0.39 is 0 Å². The van der Waals surface area contributed by atoms with Crippen LogP contribution in [-0.2, 0) is 0 Å². The fourth-order valence-corrected chi connectivity index (χ4v) is 0.876. The molecule has 2 nitrogen and oxygen atoms in total. The highest BCUT2D eigenvalue weighted by Crippen LogP contribution is 1.96. The highest BCUT2D eigenvalue weighted by molar-refractivity contribution is 7.80. The Morgan fingerprint density at radius 1 is 1.46 bits per heavy atom. The van der Waals surface area contributed by atoms with Gasteiger partial charge in [0.05, 0.1) is 11.4 Å². The van der Waals surface area contributed by atoms with Crippen LogP contribution in [0.15, 0.2) is 36.5 Å². The Morgan fingerprint density at radius 2 is 2.23 bits per heavy atom. The van der Waals surface area contributed by atoms with Gasteiger partial charge in [-0.25, -0.2) is 0 Å². The van der Waals surface area contributed by atoms with E-state index in [4.69, 9.17) is 17.6 Å². The van der Waals surface area contributed by atoms with Gasteiger partial charge in [0.1, 0.15) is 0 Å². The lowest BCUT2D eigenvalue weighted by molar-refractivity contribution is 1.28. The van der Waals surface area contributed by atoms with Crippen molar-refractivity contribution in [3.8, 4) is 0 Å². The van der Waals surface area contributed by atoms with E-state index in [9.17, 15) is 0 Å². The number of aromatic nitrogens is 1. The summed E-state index contributed by atoms with van der Waals surface area (Å²) in [5.41, 5.74) is 1.04. The van der Waals surface area contributed by atoms with Crippen molar-refractivity contribution in [2.75, 3.05) is 0 Å². The van der Waals surface area contributed by atoms with Gasteiger partial charge in [0.2, 0.25) is 0 Å². The summed E-state index contributed by atoms with van der Waals surface area (Å²) in [4.78, 5) is 4.80. The predicted molar refractivity (Wildman–Crippen MR) is 58.5 cm³/mol. The van der Waals surface area contributed by atoms with Crippen molar-refractivity contribution in [3.63, 3.8) is 0 Å². The van der Waals surface area contributed by atoms with Crippen LogP contribution in [-0.4, -0.2) is 15.6 Å². The fraction of sp³-hybridized carbons (Fsp3) is 0.100. The van der Waals surface area contributed by atoms with Gasteiger partial charge in [-0.05, 0) is 31.2 Å². The Labute approximate surface area is 82.8 Å². The Balaban J connectivity index is 2.76. The molecule has 0 saturated carbocycles. The molecule has 0 unspecified atom stereocenters. The van der Waals surface area contributed by atoms with Gasteiger partial charge in [-0.15, -0.1) is 0 Å². The molecule has 0 bridgehead atoms. The van der Waals surface area contributed by atoms with Crippen LogP contribution in [0.25, 0.3) is 0 Å². The van der Waals surface area contributed by atoms with Gasteiger partial charge in [-0.1, -0.05) is 18.3 Å². The zero-order valence-electron chi connectivity index (χ0n) is 7.32. The van der Waals surface area contributed by atoms with E-state index in [0.29, 0.717) is 11.4 Å². The summed E-state index contributed by atoms with van der Waals surface area (Å²) in [6.45, 7) is 1.82. The molecule has 0 fully saturated rings. The van der Waals surface area contributed by atoms with Crippen molar-refractivity contribution < 1.29 is 0 Å². The second kappa shape index (κ2) is 4.62. The van der Waals surface area contributed by atoms with Crippen LogP contribution in [0, 0.1) is 5.41 Å². The minimum atomic E-state index is 0.379. The second-order valence-electron chi connectivity index (χ2n) is 2.57. The van der Waals surface area contributed by atoms with Gasteiger partial charge >= 0.3 is 0 Å². The predicted octanol–water partition coefficient (Wildman–Crippen LogP) is 2.40. The molecule has 0 aliphatic rings. The summed E-state index contributed by atoms with van der Waals surface area (Å²) in [7, 11) is 0. The van der Waals surface area contributed by atoms with Gasteiger partial charge in [-0.3, -0.25) is 10.4 Å². The molecule has 0 aromatic carbocycles. The van der Waals surface area contributed by atoms with Crippen molar-refractivity contribution in [2.45, 2.75) is 6.92 Å². The Morgan fingerprint density at radius 3 is 2.77 bits per heavy atom. The molecule has 1 rings (SSSR count). The molecule has 0 atom stereocenters. The standard InChI is InChI=1S/C10H10N2S/c1-8(13)5-6-9(11)10-4-2-3-7-12-10/h2-7,11H,1H3/b6-5-,11-9?. The van der Waals surface area contributed by atoms with Crippen LogP contribution in [0.1, 0.15) is 12.6 Å². The Kier molecular flexibility index (Phi) is 3.46. The van der Waals surface area contributed by atoms with Gasteiger partial charge in [0.15, 0.2) is 0 Å².